The number of fused-ring (bicyclic) bond motifs is 1. The van der Waals surface area contributed by atoms with Gasteiger partial charge in [0.15, 0.2) is 0 Å². The predicted molar refractivity (Wildman–Crippen MR) is 79.8 cm³/mol. The zero-order valence-corrected chi connectivity index (χ0v) is 12.6. The molecule has 6 heteroatoms. The van der Waals surface area contributed by atoms with Crippen LogP contribution in [0.3, 0.4) is 0 Å². The number of pyridine rings is 1. The van der Waals surface area contributed by atoms with Gasteiger partial charge in [-0.3, -0.25) is 4.90 Å². The van der Waals surface area contributed by atoms with Crippen LogP contribution < -0.4 is 0 Å². The first-order valence-corrected chi connectivity index (χ1v) is 8.05. The summed E-state index contributed by atoms with van der Waals surface area (Å²) in [6.45, 7) is 3.75. The second kappa shape index (κ2) is 5.76. The number of piperidine rings is 1. The van der Waals surface area contributed by atoms with Crippen LogP contribution in [-0.4, -0.2) is 37.7 Å². The average molecular weight is 301 g/mol. The number of aryl methyl sites for hydroxylation is 1. The molecule has 116 valence electrons. The van der Waals surface area contributed by atoms with E-state index in [1.165, 1.54) is 12.5 Å². The Morgan fingerprint density at radius 3 is 3.05 bits per heavy atom. The molecule has 1 unspecified atom stereocenters. The van der Waals surface area contributed by atoms with E-state index in [-0.39, 0.29) is 0 Å². The molecule has 2 aromatic rings. The third kappa shape index (κ3) is 2.63. The highest BCUT2D eigenvalue weighted by Crippen LogP contribution is 2.28. The van der Waals surface area contributed by atoms with Gasteiger partial charge >= 0.3 is 0 Å². The predicted octanol–water partition coefficient (Wildman–Crippen LogP) is 2.14. The van der Waals surface area contributed by atoms with Crippen LogP contribution in [0.5, 0.6) is 0 Å². The normalized spacial score (nSPS) is 22.0. The minimum absolute atomic E-state index is 0.402. The molecule has 0 bridgehead atoms. The van der Waals surface area contributed by atoms with Gasteiger partial charge in [0.1, 0.15) is 11.6 Å². The van der Waals surface area contributed by atoms with Gasteiger partial charge in [0.2, 0.25) is 5.95 Å². The Balaban J connectivity index is 1.47. The minimum Gasteiger partial charge on any atom is -0.315 e. The van der Waals surface area contributed by atoms with Crippen molar-refractivity contribution in [1.29, 1.82) is 0 Å². The smallest absolute Gasteiger partial charge is 0.213 e. The maximum atomic E-state index is 13.2. The zero-order chi connectivity index (χ0) is 14.9. The Bertz CT molecular complexity index is 668. The summed E-state index contributed by atoms with van der Waals surface area (Å²) in [5.41, 5.74) is 0.798. The Hall–Kier alpha value is -1.82. The Morgan fingerprint density at radius 1 is 1.18 bits per heavy atom. The van der Waals surface area contributed by atoms with Crippen molar-refractivity contribution in [2.45, 2.75) is 44.7 Å². The maximum absolute atomic E-state index is 13.2. The van der Waals surface area contributed by atoms with Crippen molar-refractivity contribution in [1.82, 2.24) is 24.6 Å². The fourth-order valence-electron chi connectivity index (χ4n) is 3.65. The van der Waals surface area contributed by atoms with Gasteiger partial charge in [-0.25, -0.2) is 4.98 Å². The lowest BCUT2D eigenvalue weighted by Crippen LogP contribution is -2.35. The highest BCUT2D eigenvalue weighted by molar-refractivity contribution is 5.09. The molecule has 0 radical (unpaired) electrons. The van der Waals surface area contributed by atoms with Crippen LogP contribution in [0.15, 0.2) is 18.2 Å². The van der Waals surface area contributed by atoms with E-state index in [1.54, 1.807) is 6.07 Å². The van der Waals surface area contributed by atoms with E-state index < -0.39 is 5.95 Å². The van der Waals surface area contributed by atoms with Crippen LogP contribution in [-0.2, 0) is 19.5 Å². The third-order valence-electron chi connectivity index (χ3n) is 4.67. The van der Waals surface area contributed by atoms with Crippen molar-refractivity contribution in [3.05, 3.63) is 41.5 Å². The summed E-state index contributed by atoms with van der Waals surface area (Å²) in [6, 6.07) is 5.01. The van der Waals surface area contributed by atoms with Crippen molar-refractivity contribution >= 4 is 0 Å². The standard InChI is InChI=1S/C16H20FN5/c17-14-6-1-5-13(18-14)11-21-8-2-4-12(10-21)16-20-19-15-7-3-9-22(15)16/h1,5-6,12H,2-4,7-11H2. The molecule has 4 rings (SSSR count). The lowest BCUT2D eigenvalue weighted by atomic mass is 9.97. The van der Waals surface area contributed by atoms with Crippen molar-refractivity contribution in [3.63, 3.8) is 0 Å². The topological polar surface area (TPSA) is 46.8 Å². The molecule has 22 heavy (non-hydrogen) atoms. The van der Waals surface area contributed by atoms with Crippen LogP contribution in [0, 0.1) is 5.95 Å². The Kier molecular flexibility index (Phi) is 3.62. The fraction of sp³-hybridized carbons (Fsp3) is 0.562. The summed E-state index contributed by atoms with van der Waals surface area (Å²) >= 11 is 0. The summed E-state index contributed by atoms with van der Waals surface area (Å²) in [4.78, 5) is 6.33. The number of aromatic nitrogens is 4. The molecule has 2 aliphatic heterocycles. The summed E-state index contributed by atoms with van der Waals surface area (Å²) in [5.74, 6) is 2.31. The monoisotopic (exact) mass is 301 g/mol. The Morgan fingerprint density at radius 2 is 2.14 bits per heavy atom. The minimum atomic E-state index is -0.402. The molecule has 0 aromatic carbocycles. The molecule has 1 atom stereocenters. The second-order valence-electron chi connectivity index (χ2n) is 6.26. The number of hydrogen-bond donors (Lipinski definition) is 0. The van der Waals surface area contributed by atoms with Gasteiger partial charge in [-0.15, -0.1) is 10.2 Å². The van der Waals surface area contributed by atoms with Gasteiger partial charge in [-0.2, -0.15) is 4.39 Å². The number of nitrogens with zero attached hydrogens (tertiary/aromatic N) is 5. The molecule has 0 spiro atoms. The van der Waals surface area contributed by atoms with E-state index in [0.29, 0.717) is 12.5 Å². The second-order valence-corrected chi connectivity index (χ2v) is 6.26. The first-order valence-electron chi connectivity index (χ1n) is 8.05. The summed E-state index contributed by atoms with van der Waals surface area (Å²) in [5, 5.41) is 8.75. The van der Waals surface area contributed by atoms with E-state index in [1.807, 2.05) is 6.07 Å². The highest BCUT2D eigenvalue weighted by Gasteiger charge is 2.28. The maximum Gasteiger partial charge on any atom is 0.213 e. The lowest BCUT2D eigenvalue weighted by Gasteiger charge is -2.32. The van der Waals surface area contributed by atoms with E-state index in [0.717, 1.165) is 56.2 Å². The first-order chi connectivity index (χ1) is 10.8. The molecule has 1 fully saturated rings. The molecule has 2 aliphatic rings. The van der Waals surface area contributed by atoms with Gasteiger partial charge in [0.25, 0.3) is 0 Å². The van der Waals surface area contributed by atoms with Crippen LogP contribution >= 0.6 is 0 Å². The summed E-state index contributed by atoms with van der Waals surface area (Å²) in [6.07, 6.45) is 4.53. The quantitative estimate of drug-likeness (QED) is 0.815. The van der Waals surface area contributed by atoms with Crippen LogP contribution in [0.25, 0.3) is 0 Å². The van der Waals surface area contributed by atoms with Gasteiger partial charge in [0.05, 0.1) is 5.69 Å². The SMILES string of the molecule is Fc1cccc(CN2CCCC(c3nnc4n3CCC4)C2)n1. The van der Waals surface area contributed by atoms with Gasteiger partial charge in [-0.05, 0) is 37.9 Å². The van der Waals surface area contributed by atoms with E-state index >= 15 is 0 Å². The molecule has 1 saturated heterocycles. The molecular formula is C16H20FN5. The van der Waals surface area contributed by atoms with Gasteiger partial charge in [0, 0.05) is 32.0 Å². The van der Waals surface area contributed by atoms with Crippen LogP contribution in [0.2, 0.25) is 0 Å². The number of rotatable bonds is 3. The van der Waals surface area contributed by atoms with Crippen LogP contribution in [0.4, 0.5) is 4.39 Å². The van der Waals surface area contributed by atoms with Crippen molar-refractivity contribution < 1.29 is 4.39 Å². The third-order valence-corrected chi connectivity index (χ3v) is 4.67. The van der Waals surface area contributed by atoms with Crippen molar-refractivity contribution in [3.8, 4) is 0 Å². The summed E-state index contributed by atoms with van der Waals surface area (Å²) in [7, 11) is 0. The largest absolute Gasteiger partial charge is 0.315 e. The van der Waals surface area contributed by atoms with Gasteiger partial charge < -0.3 is 4.57 Å². The molecule has 0 aliphatic carbocycles. The highest BCUT2D eigenvalue weighted by atomic mass is 19.1. The molecular weight excluding hydrogens is 281 g/mol. The first kappa shape index (κ1) is 13.8. The summed E-state index contributed by atoms with van der Waals surface area (Å²) < 4.78 is 15.5. The molecule has 2 aromatic heterocycles. The number of likely N-dealkylation sites (tertiary alicyclic amines) is 1. The number of hydrogen-bond acceptors (Lipinski definition) is 4. The fourth-order valence-corrected chi connectivity index (χ4v) is 3.65. The average Bonchev–Trinajstić information content (AvgIpc) is 3.10. The molecule has 4 heterocycles. The molecule has 0 saturated carbocycles. The molecule has 0 N–H and O–H groups in total. The van der Waals surface area contributed by atoms with E-state index in [9.17, 15) is 4.39 Å². The van der Waals surface area contributed by atoms with E-state index in [2.05, 4.69) is 24.6 Å². The molecule has 0 amide bonds. The van der Waals surface area contributed by atoms with Gasteiger partial charge in [-0.1, -0.05) is 6.07 Å². The zero-order valence-electron chi connectivity index (χ0n) is 12.6. The van der Waals surface area contributed by atoms with Crippen molar-refractivity contribution in [2.24, 2.45) is 0 Å². The Labute approximate surface area is 129 Å². The lowest BCUT2D eigenvalue weighted by molar-refractivity contribution is 0.192. The van der Waals surface area contributed by atoms with Crippen LogP contribution in [0.1, 0.15) is 42.5 Å². The molecule has 5 nitrogen and oxygen atoms in total. The number of halogens is 1. The van der Waals surface area contributed by atoms with E-state index in [4.69, 9.17) is 0 Å². The van der Waals surface area contributed by atoms with Crippen molar-refractivity contribution in [2.75, 3.05) is 13.1 Å².